The van der Waals surface area contributed by atoms with Gasteiger partial charge in [-0.1, -0.05) is 6.07 Å². The van der Waals surface area contributed by atoms with E-state index >= 15 is 0 Å². The smallest absolute Gasteiger partial charge is 0.131 e. The molecule has 0 aliphatic heterocycles. The number of aryl methyl sites for hydroxylation is 1. The van der Waals surface area contributed by atoms with Gasteiger partial charge < -0.3 is 10.1 Å². The van der Waals surface area contributed by atoms with Crippen LogP contribution >= 0.6 is 0 Å². The third-order valence-corrected chi connectivity index (χ3v) is 3.41. The van der Waals surface area contributed by atoms with E-state index in [9.17, 15) is 4.39 Å². The zero-order valence-corrected chi connectivity index (χ0v) is 12.0. The van der Waals surface area contributed by atoms with Crippen LogP contribution in [0.3, 0.4) is 0 Å². The number of ether oxygens (including phenoxy) is 1. The maximum Gasteiger partial charge on any atom is 0.131 e. The molecule has 4 heteroatoms. The molecule has 2 aromatic rings. The standard InChI is InChI=1S/C16H19FN2O/c1-11-9-18-7-6-13(11)10-19-12(2)15-5-4-14(20-3)8-16(15)17/h4-9,12,19H,10H2,1-3H3. The molecule has 0 radical (unpaired) electrons. The van der Waals surface area contributed by atoms with Crippen molar-refractivity contribution in [3.05, 3.63) is 59.2 Å². The predicted molar refractivity (Wildman–Crippen MR) is 77.2 cm³/mol. The quantitative estimate of drug-likeness (QED) is 0.907. The Labute approximate surface area is 118 Å². The van der Waals surface area contributed by atoms with Crippen molar-refractivity contribution in [3.63, 3.8) is 0 Å². The molecule has 0 aliphatic rings. The molecule has 1 heterocycles. The van der Waals surface area contributed by atoms with Crippen LogP contribution in [0.15, 0.2) is 36.7 Å². The van der Waals surface area contributed by atoms with Crippen molar-refractivity contribution >= 4 is 0 Å². The van der Waals surface area contributed by atoms with Gasteiger partial charge in [0.15, 0.2) is 0 Å². The van der Waals surface area contributed by atoms with Crippen LogP contribution in [0.4, 0.5) is 4.39 Å². The fourth-order valence-electron chi connectivity index (χ4n) is 2.06. The maximum atomic E-state index is 14.0. The van der Waals surface area contributed by atoms with Crippen molar-refractivity contribution in [2.45, 2.75) is 26.4 Å². The zero-order valence-electron chi connectivity index (χ0n) is 12.0. The van der Waals surface area contributed by atoms with Crippen LogP contribution in [0.5, 0.6) is 5.75 Å². The minimum atomic E-state index is -0.254. The molecule has 0 saturated heterocycles. The van der Waals surface area contributed by atoms with Crippen molar-refractivity contribution in [2.75, 3.05) is 7.11 Å². The summed E-state index contributed by atoms with van der Waals surface area (Å²) in [5.74, 6) is 0.277. The summed E-state index contributed by atoms with van der Waals surface area (Å²) in [5, 5.41) is 3.33. The molecule has 0 aliphatic carbocycles. The topological polar surface area (TPSA) is 34.1 Å². The number of hydrogen-bond acceptors (Lipinski definition) is 3. The Balaban J connectivity index is 2.05. The Morgan fingerprint density at radius 1 is 1.35 bits per heavy atom. The highest BCUT2D eigenvalue weighted by Crippen LogP contribution is 2.22. The lowest BCUT2D eigenvalue weighted by atomic mass is 10.1. The van der Waals surface area contributed by atoms with Gasteiger partial charge >= 0.3 is 0 Å². The first-order chi connectivity index (χ1) is 9.61. The Bertz CT molecular complexity index is 586. The van der Waals surface area contributed by atoms with Gasteiger partial charge in [-0.2, -0.15) is 0 Å². The molecule has 0 amide bonds. The van der Waals surface area contributed by atoms with E-state index in [4.69, 9.17) is 4.74 Å². The molecule has 1 aromatic carbocycles. The van der Waals surface area contributed by atoms with Crippen molar-refractivity contribution in [1.82, 2.24) is 10.3 Å². The summed E-state index contributed by atoms with van der Waals surface area (Å²) in [6, 6.07) is 6.83. The molecule has 1 N–H and O–H groups in total. The second-order valence-electron chi connectivity index (χ2n) is 4.79. The molecule has 1 atom stereocenters. The van der Waals surface area contributed by atoms with Crippen LogP contribution < -0.4 is 10.1 Å². The van der Waals surface area contributed by atoms with E-state index in [0.717, 1.165) is 5.56 Å². The number of nitrogens with zero attached hydrogens (tertiary/aromatic N) is 1. The summed E-state index contributed by atoms with van der Waals surface area (Å²) >= 11 is 0. The van der Waals surface area contributed by atoms with E-state index in [1.807, 2.05) is 26.1 Å². The molecule has 3 nitrogen and oxygen atoms in total. The van der Waals surface area contributed by atoms with Gasteiger partial charge in [-0.3, -0.25) is 4.98 Å². The van der Waals surface area contributed by atoms with Crippen LogP contribution in [0.25, 0.3) is 0 Å². The molecule has 1 aromatic heterocycles. The van der Waals surface area contributed by atoms with Gasteiger partial charge in [0.05, 0.1) is 7.11 Å². The van der Waals surface area contributed by atoms with E-state index in [1.54, 1.807) is 18.3 Å². The summed E-state index contributed by atoms with van der Waals surface area (Å²) in [6.07, 6.45) is 3.60. The first-order valence-electron chi connectivity index (χ1n) is 6.58. The molecule has 0 spiro atoms. The number of rotatable bonds is 5. The van der Waals surface area contributed by atoms with E-state index in [1.165, 1.54) is 18.7 Å². The highest BCUT2D eigenvalue weighted by atomic mass is 19.1. The Morgan fingerprint density at radius 3 is 2.80 bits per heavy atom. The van der Waals surface area contributed by atoms with Gasteiger partial charge in [-0.05, 0) is 37.1 Å². The van der Waals surface area contributed by atoms with Crippen molar-refractivity contribution in [2.24, 2.45) is 0 Å². The van der Waals surface area contributed by atoms with Gasteiger partial charge in [-0.15, -0.1) is 0 Å². The first-order valence-corrected chi connectivity index (χ1v) is 6.58. The Kier molecular flexibility index (Phi) is 4.69. The number of hydrogen-bond donors (Lipinski definition) is 1. The van der Waals surface area contributed by atoms with Gasteiger partial charge in [0, 0.05) is 36.6 Å². The molecular formula is C16H19FN2O. The number of halogens is 1. The van der Waals surface area contributed by atoms with E-state index in [-0.39, 0.29) is 11.9 Å². The van der Waals surface area contributed by atoms with Crippen molar-refractivity contribution in [1.29, 1.82) is 0 Å². The van der Waals surface area contributed by atoms with Crippen molar-refractivity contribution in [3.8, 4) is 5.75 Å². The van der Waals surface area contributed by atoms with E-state index in [2.05, 4.69) is 10.3 Å². The van der Waals surface area contributed by atoms with Crippen LogP contribution in [-0.2, 0) is 6.54 Å². The average molecular weight is 274 g/mol. The van der Waals surface area contributed by atoms with Crippen LogP contribution in [0.2, 0.25) is 0 Å². The van der Waals surface area contributed by atoms with Gasteiger partial charge in [0.1, 0.15) is 11.6 Å². The number of nitrogens with one attached hydrogen (secondary N) is 1. The van der Waals surface area contributed by atoms with Crippen LogP contribution in [-0.4, -0.2) is 12.1 Å². The predicted octanol–water partition coefficient (Wildman–Crippen LogP) is 3.39. The van der Waals surface area contributed by atoms with Crippen LogP contribution in [0, 0.1) is 12.7 Å². The first kappa shape index (κ1) is 14.5. The SMILES string of the molecule is COc1ccc(C(C)NCc2ccncc2C)c(F)c1. The lowest BCUT2D eigenvalue weighted by Gasteiger charge is -2.16. The Morgan fingerprint density at radius 2 is 2.15 bits per heavy atom. The van der Waals surface area contributed by atoms with E-state index < -0.39 is 0 Å². The minimum Gasteiger partial charge on any atom is -0.497 e. The lowest BCUT2D eigenvalue weighted by molar-refractivity contribution is 0.409. The minimum absolute atomic E-state index is 0.0755. The molecule has 20 heavy (non-hydrogen) atoms. The summed E-state index contributed by atoms with van der Waals surface area (Å²) in [7, 11) is 1.53. The van der Waals surface area contributed by atoms with Gasteiger partial charge in [0.25, 0.3) is 0 Å². The molecule has 1 unspecified atom stereocenters. The molecule has 2 rings (SSSR count). The molecule has 0 fully saturated rings. The number of benzene rings is 1. The summed E-state index contributed by atoms with van der Waals surface area (Å²) in [6.45, 7) is 4.64. The molecular weight excluding hydrogens is 255 g/mol. The molecule has 106 valence electrons. The second-order valence-corrected chi connectivity index (χ2v) is 4.79. The highest BCUT2D eigenvalue weighted by molar-refractivity contribution is 5.31. The normalized spacial score (nSPS) is 12.2. The summed E-state index contributed by atoms with van der Waals surface area (Å²) in [5.41, 5.74) is 2.93. The Hall–Kier alpha value is -1.94. The van der Waals surface area contributed by atoms with Crippen LogP contribution in [0.1, 0.15) is 29.7 Å². The summed E-state index contributed by atoms with van der Waals surface area (Å²) in [4.78, 5) is 4.06. The third kappa shape index (κ3) is 3.33. The van der Waals surface area contributed by atoms with Crippen molar-refractivity contribution < 1.29 is 9.13 Å². The number of pyridine rings is 1. The van der Waals surface area contributed by atoms with E-state index in [0.29, 0.717) is 17.9 Å². The molecule has 0 saturated carbocycles. The van der Waals surface area contributed by atoms with Gasteiger partial charge in [0.2, 0.25) is 0 Å². The average Bonchev–Trinajstić information content (AvgIpc) is 2.46. The zero-order chi connectivity index (χ0) is 14.5. The highest BCUT2D eigenvalue weighted by Gasteiger charge is 2.11. The molecule has 0 bridgehead atoms. The monoisotopic (exact) mass is 274 g/mol. The maximum absolute atomic E-state index is 14.0. The largest absolute Gasteiger partial charge is 0.497 e. The number of methoxy groups -OCH3 is 1. The lowest BCUT2D eigenvalue weighted by Crippen LogP contribution is -2.19. The number of aromatic nitrogens is 1. The second kappa shape index (κ2) is 6.48. The fourth-order valence-corrected chi connectivity index (χ4v) is 2.06. The van der Waals surface area contributed by atoms with Gasteiger partial charge in [-0.25, -0.2) is 4.39 Å². The third-order valence-electron chi connectivity index (χ3n) is 3.41. The fraction of sp³-hybridized carbons (Fsp3) is 0.312. The summed E-state index contributed by atoms with van der Waals surface area (Å²) < 4.78 is 19.0.